The number of hydrogen-bond donors (Lipinski definition) is 4. The van der Waals surface area contributed by atoms with Gasteiger partial charge in [0.05, 0.1) is 0 Å². The first-order valence-electron chi connectivity index (χ1n) is 8.90. The number of hydrogen-bond acceptors (Lipinski definition) is 3. The number of para-hydroxylation sites is 1. The largest absolute Gasteiger partial charge is 0.328 e. The van der Waals surface area contributed by atoms with Gasteiger partial charge in [0.25, 0.3) is 0 Å². The van der Waals surface area contributed by atoms with Crippen LogP contribution in [0.3, 0.4) is 0 Å². The summed E-state index contributed by atoms with van der Waals surface area (Å²) in [6, 6.07) is 16.1. The van der Waals surface area contributed by atoms with E-state index < -0.39 is 0 Å². The average Bonchev–Trinajstić information content (AvgIpc) is 2.62. The molecule has 5 N–H and O–H groups in total. The van der Waals surface area contributed by atoms with Gasteiger partial charge in [0.15, 0.2) is 0 Å². The van der Waals surface area contributed by atoms with Gasteiger partial charge >= 0.3 is 6.03 Å². The highest BCUT2D eigenvalue weighted by Gasteiger charge is 2.25. The molecule has 3 rings (SSSR count). The molecule has 26 heavy (non-hydrogen) atoms. The van der Waals surface area contributed by atoms with Crippen molar-refractivity contribution >= 4 is 29.0 Å². The van der Waals surface area contributed by atoms with Crippen molar-refractivity contribution in [1.29, 1.82) is 0 Å². The second-order valence-electron chi connectivity index (χ2n) is 6.64. The molecule has 1 aliphatic rings. The Labute approximate surface area is 153 Å². The molecule has 3 amide bonds. The van der Waals surface area contributed by atoms with E-state index in [-0.39, 0.29) is 23.9 Å². The molecule has 0 bridgehead atoms. The summed E-state index contributed by atoms with van der Waals surface area (Å²) in [4.78, 5) is 24.5. The summed E-state index contributed by atoms with van der Waals surface area (Å²) in [7, 11) is 0. The number of carbonyl (C=O) groups excluding carboxylic acids is 2. The maximum atomic E-state index is 12.4. The van der Waals surface area contributed by atoms with Crippen LogP contribution in [0, 0.1) is 5.92 Å². The van der Waals surface area contributed by atoms with Crippen LogP contribution >= 0.6 is 0 Å². The van der Waals surface area contributed by atoms with E-state index in [0.717, 1.165) is 25.7 Å². The van der Waals surface area contributed by atoms with Gasteiger partial charge in [-0.1, -0.05) is 30.7 Å². The zero-order valence-corrected chi connectivity index (χ0v) is 14.6. The molecule has 0 aromatic heterocycles. The predicted molar refractivity (Wildman–Crippen MR) is 104 cm³/mol. The normalized spacial score (nSPS) is 19.4. The molecule has 2 unspecified atom stereocenters. The summed E-state index contributed by atoms with van der Waals surface area (Å²) in [6.07, 6.45) is 3.57. The van der Waals surface area contributed by atoms with E-state index in [9.17, 15) is 9.59 Å². The lowest BCUT2D eigenvalue weighted by Crippen LogP contribution is -2.34. The lowest BCUT2D eigenvalue weighted by Gasteiger charge is -2.25. The summed E-state index contributed by atoms with van der Waals surface area (Å²) in [6.45, 7) is 0. The summed E-state index contributed by atoms with van der Waals surface area (Å²) in [5.41, 5.74) is 7.94. The highest BCUT2D eigenvalue weighted by Crippen LogP contribution is 2.25. The lowest BCUT2D eigenvalue weighted by atomic mass is 9.85. The van der Waals surface area contributed by atoms with E-state index in [0.29, 0.717) is 17.1 Å². The van der Waals surface area contributed by atoms with Crippen molar-refractivity contribution in [2.75, 3.05) is 16.0 Å². The Bertz CT molecular complexity index is 763. The highest BCUT2D eigenvalue weighted by molar-refractivity contribution is 6.00. The molecule has 0 spiro atoms. The average molecular weight is 352 g/mol. The first-order chi connectivity index (χ1) is 12.6. The standard InChI is InChI=1S/C20H24N4O2/c21-15-7-4-6-14(12-15)19(25)22-17-10-5-11-18(13-17)24-20(26)23-16-8-2-1-3-9-16/h1-3,5,8-11,13-15H,4,6-7,12,21H2,(H,22,25)(H2,23,24,26). The van der Waals surface area contributed by atoms with Gasteiger partial charge < -0.3 is 21.7 Å². The van der Waals surface area contributed by atoms with Crippen molar-refractivity contribution in [3.05, 3.63) is 54.6 Å². The number of carbonyl (C=O) groups is 2. The van der Waals surface area contributed by atoms with Gasteiger partial charge in [-0.05, 0) is 49.6 Å². The third kappa shape index (κ3) is 5.07. The van der Waals surface area contributed by atoms with E-state index in [4.69, 9.17) is 5.73 Å². The first-order valence-corrected chi connectivity index (χ1v) is 8.90. The minimum absolute atomic E-state index is 0.00830. The van der Waals surface area contributed by atoms with Gasteiger partial charge in [-0.15, -0.1) is 0 Å². The van der Waals surface area contributed by atoms with E-state index in [1.165, 1.54) is 0 Å². The quantitative estimate of drug-likeness (QED) is 0.674. The lowest BCUT2D eigenvalue weighted by molar-refractivity contribution is -0.120. The Hall–Kier alpha value is -2.86. The highest BCUT2D eigenvalue weighted by atomic mass is 16.2. The molecular weight excluding hydrogens is 328 g/mol. The maximum absolute atomic E-state index is 12.4. The zero-order valence-electron chi connectivity index (χ0n) is 14.6. The zero-order chi connectivity index (χ0) is 18.4. The van der Waals surface area contributed by atoms with Crippen LogP contribution in [-0.2, 0) is 4.79 Å². The second-order valence-corrected chi connectivity index (χ2v) is 6.64. The van der Waals surface area contributed by atoms with E-state index in [2.05, 4.69) is 16.0 Å². The molecule has 1 aliphatic carbocycles. The molecule has 2 aromatic carbocycles. The van der Waals surface area contributed by atoms with Crippen molar-refractivity contribution in [3.8, 4) is 0 Å². The molecule has 0 saturated heterocycles. The summed E-state index contributed by atoms with van der Waals surface area (Å²) < 4.78 is 0. The third-order valence-corrected chi connectivity index (χ3v) is 4.51. The first kappa shape index (κ1) is 17.9. The Balaban J connectivity index is 1.57. The molecular formula is C20H24N4O2. The van der Waals surface area contributed by atoms with Gasteiger partial charge in [0.2, 0.25) is 5.91 Å². The summed E-state index contributed by atoms with van der Waals surface area (Å²) in [5.74, 6) is -0.0530. The molecule has 6 heteroatoms. The monoisotopic (exact) mass is 352 g/mol. The fraction of sp³-hybridized carbons (Fsp3) is 0.300. The number of benzene rings is 2. The van der Waals surface area contributed by atoms with Gasteiger partial charge in [-0.2, -0.15) is 0 Å². The van der Waals surface area contributed by atoms with Crippen LogP contribution in [-0.4, -0.2) is 18.0 Å². The summed E-state index contributed by atoms with van der Waals surface area (Å²) in [5, 5.41) is 8.45. The summed E-state index contributed by atoms with van der Waals surface area (Å²) >= 11 is 0. The van der Waals surface area contributed by atoms with Crippen molar-refractivity contribution in [2.24, 2.45) is 11.7 Å². The van der Waals surface area contributed by atoms with E-state index in [1.807, 2.05) is 30.3 Å². The van der Waals surface area contributed by atoms with Crippen molar-refractivity contribution in [1.82, 2.24) is 0 Å². The van der Waals surface area contributed by atoms with Crippen LogP contribution in [0.15, 0.2) is 54.6 Å². The van der Waals surface area contributed by atoms with Gasteiger partial charge in [-0.3, -0.25) is 4.79 Å². The predicted octanol–water partition coefficient (Wildman–Crippen LogP) is 3.79. The van der Waals surface area contributed by atoms with Crippen molar-refractivity contribution < 1.29 is 9.59 Å². The molecule has 136 valence electrons. The molecule has 0 heterocycles. The molecule has 6 nitrogen and oxygen atoms in total. The van der Waals surface area contributed by atoms with Gasteiger partial charge in [-0.25, -0.2) is 4.79 Å². The van der Waals surface area contributed by atoms with Gasteiger partial charge in [0, 0.05) is 29.0 Å². The van der Waals surface area contributed by atoms with Gasteiger partial charge in [0.1, 0.15) is 0 Å². The number of nitrogens with two attached hydrogens (primary N) is 1. The molecule has 1 saturated carbocycles. The molecule has 1 fully saturated rings. The van der Waals surface area contributed by atoms with Crippen LogP contribution in [0.1, 0.15) is 25.7 Å². The Morgan fingerprint density at radius 3 is 2.23 bits per heavy atom. The number of amides is 3. The molecule has 2 atom stereocenters. The van der Waals surface area contributed by atoms with Crippen molar-refractivity contribution in [2.45, 2.75) is 31.7 Å². The fourth-order valence-electron chi connectivity index (χ4n) is 3.20. The molecule has 0 radical (unpaired) electrons. The van der Waals surface area contributed by atoms with E-state index in [1.54, 1.807) is 24.3 Å². The third-order valence-electron chi connectivity index (χ3n) is 4.51. The molecule has 0 aliphatic heterocycles. The topological polar surface area (TPSA) is 96.2 Å². The van der Waals surface area contributed by atoms with E-state index >= 15 is 0 Å². The fourth-order valence-corrected chi connectivity index (χ4v) is 3.20. The van der Waals surface area contributed by atoms with Crippen LogP contribution in [0.4, 0.5) is 21.9 Å². The number of nitrogens with one attached hydrogen (secondary N) is 3. The maximum Gasteiger partial charge on any atom is 0.323 e. The van der Waals surface area contributed by atoms with Crippen LogP contribution in [0.25, 0.3) is 0 Å². The van der Waals surface area contributed by atoms with Crippen LogP contribution in [0.5, 0.6) is 0 Å². The van der Waals surface area contributed by atoms with Crippen molar-refractivity contribution in [3.63, 3.8) is 0 Å². The van der Waals surface area contributed by atoms with Crippen LogP contribution in [0.2, 0.25) is 0 Å². The Morgan fingerprint density at radius 1 is 0.846 bits per heavy atom. The Kier molecular flexibility index (Phi) is 5.86. The second kappa shape index (κ2) is 8.49. The number of urea groups is 1. The minimum Gasteiger partial charge on any atom is -0.328 e. The SMILES string of the molecule is NC1CCCC(C(=O)Nc2cccc(NC(=O)Nc3ccccc3)c2)C1. The smallest absolute Gasteiger partial charge is 0.323 e. The number of anilines is 3. The molecule has 2 aromatic rings. The Morgan fingerprint density at radius 2 is 1.50 bits per heavy atom. The number of rotatable bonds is 4. The van der Waals surface area contributed by atoms with Crippen LogP contribution < -0.4 is 21.7 Å². The minimum atomic E-state index is -0.335.